The number of carbonyl (C=O) groups is 1. The van der Waals surface area contributed by atoms with Crippen LogP contribution < -0.4 is 5.32 Å². The number of nitrogens with zero attached hydrogens (tertiary/aromatic N) is 3. The summed E-state index contributed by atoms with van der Waals surface area (Å²) in [5, 5.41) is 9.78. The minimum Gasteiger partial charge on any atom is -0.325 e. The second-order valence-electron chi connectivity index (χ2n) is 5.38. The van der Waals surface area contributed by atoms with E-state index >= 15 is 0 Å². The van der Waals surface area contributed by atoms with E-state index in [1.807, 2.05) is 44.9 Å². The number of rotatable bonds is 5. The average Bonchev–Trinajstić information content (AvgIpc) is 2.78. The van der Waals surface area contributed by atoms with E-state index in [0.29, 0.717) is 18.9 Å². The number of anilines is 1. The Hall–Kier alpha value is -2.21. The van der Waals surface area contributed by atoms with Gasteiger partial charge in [-0.2, -0.15) is 5.10 Å². The summed E-state index contributed by atoms with van der Waals surface area (Å²) in [6, 6.07) is 5.97. The van der Waals surface area contributed by atoms with Crippen molar-refractivity contribution in [1.82, 2.24) is 20.1 Å². The molecule has 0 aliphatic carbocycles. The highest BCUT2D eigenvalue weighted by molar-refractivity contribution is 5.92. The van der Waals surface area contributed by atoms with Gasteiger partial charge in [0.2, 0.25) is 5.91 Å². The number of aromatic nitrogens is 3. The molecule has 1 heterocycles. The minimum absolute atomic E-state index is 0.0447. The Morgan fingerprint density at radius 2 is 2.10 bits per heavy atom. The van der Waals surface area contributed by atoms with Gasteiger partial charge in [0, 0.05) is 5.69 Å². The first-order valence-corrected chi connectivity index (χ1v) is 6.87. The van der Waals surface area contributed by atoms with E-state index in [2.05, 4.69) is 26.6 Å². The van der Waals surface area contributed by atoms with Crippen LogP contribution in [0.1, 0.15) is 22.8 Å². The fraction of sp³-hybridized carbons (Fsp3) is 0.400. The van der Waals surface area contributed by atoms with Crippen molar-refractivity contribution >= 4 is 11.6 Å². The van der Waals surface area contributed by atoms with Gasteiger partial charge in [-0.3, -0.25) is 14.8 Å². The molecule has 0 bridgehead atoms. The highest BCUT2D eigenvalue weighted by atomic mass is 16.2. The Morgan fingerprint density at radius 1 is 1.33 bits per heavy atom. The lowest BCUT2D eigenvalue weighted by Crippen LogP contribution is -2.30. The zero-order chi connectivity index (χ0) is 15.4. The molecule has 6 nitrogen and oxygen atoms in total. The Bertz CT molecular complexity index is 635. The van der Waals surface area contributed by atoms with Gasteiger partial charge in [0.15, 0.2) is 5.82 Å². The van der Waals surface area contributed by atoms with Crippen LogP contribution >= 0.6 is 0 Å². The number of amides is 1. The molecule has 0 saturated heterocycles. The molecule has 0 saturated carbocycles. The van der Waals surface area contributed by atoms with Crippen molar-refractivity contribution in [2.24, 2.45) is 0 Å². The largest absolute Gasteiger partial charge is 0.325 e. The molecular weight excluding hydrogens is 266 g/mol. The molecule has 0 unspecified atom stereocenters. The van der Waals surface area contributed by atoms with Crippen molar-refractivity contribution in [2.45, 2.75) is 27.3 Å². The van der Waals surface area contributed by atoms with Gasteiger partial charge in [0.05, 0.1) is 13.1 Å². The summed E-state index contributed by atoms with van der Waals surface area (Å²) in [5.41, 5.74) is 3.10. The summed E-state index contributed by atoms with van der Waals surface area (Å²) in [4.78, 5) is 18.2. The van der Waals surface area contributed by atoms with Gasteiger partial charge >= 0.3 is 0 Å². The molecule has 21 heavy (non-hydrogen) atoms. The number of nitrogens with one attached hydrogen (secondary N) is 2. The lowest BCUT2D eigenvalue weighted by Gasteiger charge is -2.15. The molecule has 0 aliphatic heterocycles. The van der Waals surface area contributed by atoms with Crippen molar-refractivity contribution in [3.8, 4) is 0 Å². The summed E-state index contributed by atoms with van der Waals surface area (Å²) in [6.07, 6.45) is 0. The molecule has 0 atom stereocenters. The Balaban J connectivity index is 1.89. The van der Waals surface area contributed by atoms with E-state index in [1.165, 1.54) is 5.56 Å². The van der Waals surface area contributed by atoms with Crippen LogP contribution in [0.3, 0.4) is 0 Å². The van der Waals surface area contributed by atoms with E-state index < -0.39 is 0 Å². The lowest BCUT2D eigenvalue weighted by atomic mass is 10.1. The van der Waals surface area contributed by atoms with E-state index in [0.717, 1.165) is 17.1 Å². The maximum Gasteiger partial charge on any atom is 0.238 e. The van der Waals surface area contributed by atoms with Crippen molar-refractivity contribution in [2.75, 3.05) is 18.9 Å². The number of hydrogen-bond acceptors (Lipinski definition) is 4. The van der Waals surface area contributed by atoms with Crippen molar-refractivity contribution in [3.05, 3.63) is 41.0 Å². The maximum absolute atomic E-state index is 12.1. The molecule has 1 amide bonds. The molecule has 0 aliphatic rings. The molecule has 0 fully saturated rings. The number of carbonyl (C=O) groups excluding carboxylic acids is 1. The summed E-state index contributed by atoms with van der Waals surface area (Å²) in [7, 11) is 1.87. The predicted molar refractivity (Wildman–Crippen MR) is 82.0 cm³/mol. The summed E-state index contributed by atoms with van der Waals surface area (Å²) < 4.78 is 0. The van der Waals surface area contributed by atoms with Gasteiger partial charge < -0.3 is 5.32 Å². The van der Waals surface area contributed by atoms with Gasteiger partial charge in [0.1, 0.15) is 5.82 Å². The van der Waals surface area contributed by atoms with Crippen LogP contribution in [0, 0.1) is 20.8 Å². The standard InChI is InChI=1S/C15H21N5O/c1-10-5-6-13(11(2)7-10)17-15(21)9-20(4)8-14-16-12(3)18-19-14/h5-7H,8-9H2,1-4H3,(H,17,21)(H,16,18,19). The number of hydrogen-bond donors (Lipinski definition) is 2. The number of aromatic amines is 1. The van der Waals surface area contributed by atoms with Crippen LogP contribution in [-0.4, -0.2) is 39.6 Å². The van der Waals surface area contributed by atoms with Crippen LogP contribution in [0.25, 0.3) is 0 Å². The predicted octanol–water partition coefficient (Wildman–Crippen LogP) is 1.80. The second-order valence-corrected chi connectivity index (χ2v) is 5.38. The first-order chi connectivity index (χ1) is 9.94. The van der Waals surface area contributed by atoms with Gasteiger partial charge in [-0.1, -0.05) is 17.7 Å². The number of likely N-dealkylation sites (N-methyl/N-ethyl adjacent to an activating group) is 1. The van der Waals surface area contributed by atoms with Crippen LogP contribution in [0.5, 0.6) is 0 Å². The molecular formula is C15H21N5O. The monoisotopic (exact) mass is 287 g/mol. The van der Waals surface area contributed by atoms with Gasteiger partial charge in [-0.25, -0.2) is 4.98 Å². The molecule has 1 aromatic carbocycles. The topological polar surface area (TPSA) is 73.9 Å². The van der Waals surface area contributed by atoms with E-state index in [9.17, 15) is 4.79 Å². The Morgan fingerprint density at radius 3 is 2.71 bits per heavy atom. The SMILES string of the molecule is Cc1ccc(NC(=O)CN(C)Cc2n[nH]c(C)n2)c(C)c1. The average molecular weight is 287 g/mol. The molecule has 2 N–H and O–H groups in total. The Labute approximate surface area is 124 Å². The van der Waals surface area contributed by atoms with Crippen molar-refractivity contribution in [1.29, 1.82) is 0 Å². The van der Waals surface area contributed by atoms with Crippen LogP contribution in [0.15, 0.2) is 18.2 Å². The number of aryl methyl sites for hydroxylation is 3. The zero-order valence-corrected chi connectivity index (χ0v) is 12.9. The van der Waals surface area contributed by atoms with Crippen molar-refractivity contribution < 1.29 is 4.79 Å². The first kappa shape index (κ1) is 15.2. The molecule has 2 aromatic rings. The summed E-state index contributed by atoms with van der Waals surface area (Å²) in [6.45, 7) is 6.70. The Kier molecular flexibility index (Phi) is 4.70. The second kappa shape index (κ2) is 6.49. The lowest BCUT2D eigenvalue weighted by molar-refractivity contribution is -0.117. The molecule has 0 spiro atoms. The third kappa shape index (κ3) is 4.39. The van der Waals surface area contributed by atoms with E-state index in [-0.39, 0.29) is 5.91 Å². The van der Waals surface area contributed by atoms with Gasteiger partial charge in [0.25, 0.3) is 0 Å². The van der Waals surface area contributed by atoms with Crippen molar-refractivity contribution in [3.63, 3.8) is 0 Å². The van der Waals surface area contributed by atoms with Gasteiger partial charge in [-0.05, 0) is 39.4 Å². The maximum atomic E-state index is 12.1. The molecule has 112 valence electrons. The van der Waals surface area contributed by atoms with Crippen LogP contribution in [0.2, 0.25) is 0 Å². The minimum atomic E-state index is -0.0447. The molecule has 0 radical (unpaired) electrons. The van der Waals surface area contributed by atoms with E-state index in [1.54, 1.807) is 0 Å². The smallest absolute Gasteiger partial charge is 0.238 e. The highest BCUT2D eigenvalue weighted by Crippen LogP contribution is 2.15. The third-order valence-corrected chi connectivity index (χ3v) is 3.12. The number of benzene rings is 1. The summed E-state index contributed by atoms with van der Waals surface area (Å²) in [5.74, 6) is 1.42. The third-order valence-electron chi connectivity index (χ3n) is 3.12. The fourth-order valence-electron chi connectivity index (χ4n) is 2.15. The fourth-order valence-corrected chi connectivity index (χ4v) is 2.15. The quantitative estimate of drug-likeness (QED) is 0.879. The van der Waals surface area contributed by atoms with E-state index in [4.69, 9.17) is 0 Å². The normalized spacial score (nSPS) is 10.9. The summed E-state index contributed by atoms with van der Waals surface area (Å²) >= 11 is 0. The first-order valence-electron chi connectivity index (χ1n) is 6.87. The zero-order valence-electron chi connectivity index (χ0n) is 12.9. The number of H-pyrrole nitrogens is 1. The molecule has 2 rings (SSSR count). The molecule has 6 heteroatoms. The van der Waals surface area contributed by atoms with Gasteiger partial charge in [-0.15, -0.1) is 0 Å². The molecule has 1 aromatic heterocycles. The van der Waals surface area contributed by atoms with Crippen LogP contribution in [0.4, 0.5) is 5.69 Å². The highest BCUT2D eigenvalue weighted by Gasteiger charge is 2.10. The van der Waals surface area contributed by atoms with Crippen LogP contribution in [-0.2, 0) is 11.3 Å².